The molecule has 7 nitrogen and oxygen atoms in total. The molecule has 1 aliphatic heterocycles. The number of aromatic nitrogens is 2. The van der Waals surface area contributed by atoms with Crippen LogP contribution in [-0.4, -0.2) is 65.0 Å². The van der Waals surface area contributed by atoms with Gasteiger partial charge in [-0.3, -0.25) is 4.79 Å². The third-order valence-corrected chi connectivity index (χ3v) is 7.97. The summed E-state index contributed by atoms with van der Waals surface area (Å²) >= 11 is 1.43. The van der Waals surface area contributed by atoms with Gasteiger partial charge < -0.3 is 9.47 Å². The molecule has 0 spiro atoms. The summed E-state index contributed by atoms with van der Waals surface area (Å²) in [6.07, 6.45) is 1.60. The van der Waals surface area contributed by atoms with Crippen molar-refractivity contribution in [2.24, 2.45) is 0 Å². The number of imidazole rings is 1. The molecule has 1 saturated heterocycles. The van der Waals surface area contributed by atoms with E-state index in [2.05, 4.69) is 16.5 Å². The highest BCUT2D eigenvalue weighted by molar-refractivity contribution is 7.99. The van der Waals surface area contributed by atoms with Crippen molar-refractivity contribution in [2.45, 2.75) is 18.6 Å². The molecule has 4 rings (SSSR count). The minimum atomic E-state index is -3.51. The molecule has 32 heavy (non-hydrogen) atoms. The number of fused-ring (bicyclic) bond motifs is 1. The monoisotopic (exact) mass is 470 g/mol. The third kappa shape index (κ3) is 5.06. The number of rotatable bonds is 7. The van der Waals surface area contributed by atoms with Crippen LogP contribution < -0.4 is 0 Å². The number of thioether (sulfide) groups is 1. The van der Waals surface area contributed by atoms with Gasteiger partial charge in [-0.1, -0.05) is 54.2 Å². The van der Waals surface area contributed by atoms with Gasteiger partial charge >= 0.3 is 0 Å². The highest BCUT2D eigenvalue weighted by Gasteiger charge is 2.27. The first-order valence-electron chi connectivity index (χ1n) is 10.6. The topological polar surface area (TPSA) is 75.5 Å². The Bertz CT molecular complexity index is 1210. The zero-order chi connectivity index (χ0) is 22.6. The highest BCUT2D eigenvalue weighted by Crippen LogP contribution is 2.24. The summed E-state index contributed by atoms with van der Waals surface area (Å²) in [6.45, 7) is 4.22. The molecule has 0 aliphatic carbocycles. The maximum atomic E-state index is 12.7. The predicted molar refractivity (Wildman–Crippen MR) is 129 cm³/mol. The summed E-state index contributed by atoms with van der Waals surface area (Å²) in [7, 11) is -3.51. The summed E-state index contributed by atoms with van der Waals surface area (Å²) in [4.78, 5) is 19.1. The van der Waals surface area contributed by atoms with Crippen LogP contribution in [0.15, 0.2) is 65.2 Å². The number of piperazine rings is 1. The first-order chi connectivity index (χ1) is 15.5. The number of sulfonamides is 1. The minimum Gasteiger partial charge on any atom is -0.339 e. The highest BCUT2D eigenvalue weighted by atomic mass is 32.2. The molecule has 168 valence electrons. The van der Waals surface area contributed by atoms with Crippen LogP contribution in [0.25, 0.3) is 17.1 Å². The van der Waals surface area contributed by atoms with Gasteiger partial charge in [-0.15, -0.1) is 0 Å². The lowest BCUT2D eigenvalue weighted by atomic mass is 10.2. The Labute approximate surface area is 192 Å². The zero-order valence-electron chi connectivity index (χ0n) is 17.9. The molecule has 9 heteroatoms. The lowest BCUT2D eigenvalue weighted by Gasteiger charge is -2.33. The molecular weight excluding hydrogens is 444 g/mol. The molecule has 1 aliphatic rings. The Kier molecular flexibility index (Phi) is 6.98. The molecular formula is C23H26N4O3S2. The standard InChI is InChI=1S/C23H26N4O3S2/c1-2-27-21-11-7-6-10-20(21)24-23(27)31-18-22(28)25-13-15-26(16-14-25)32(29,30)17-12-19-8-4-3-5-9-19/h3-12,17H,2,13-16,18H2,1H3/b17-12+. The van der Waals surface area contributed by atoms with Crippen molar-refractivity contribution in [3.8, 4) is 0 Å². The molecule has 0 unspecified atom stereocenters. The van der Waals surface area contributed by atoms with E-state index < -0.39 is 10.0 Å². The van der Waals surface area contributed by atoms with Gasteiger partial charge in [-0.2, -0.15) is 4.31 Å². The molecule has 3 aromatic rings. The fraction of sp³-hybridized carbons (Fsp3) is 0.304. The fourth-order valence-corrected chi connectivity index (χ4v) is 5.85. The zero-order valence-corrected chi connectivity index (χ0v) is 19.6. The normalized spacial score (nSPS) is 15.6. The van der Waals surface area contributed by atoms with Gasteiger partial charge in [0.2, 0.25) is 15.9 Å². The first-order valence-corrected chi connectivity index (χ1v) is 13.1. The van der Waals surface area contributed by atoms with Gasteiger partial charge in [0.1, 0.15) is 0 Å². The first kappa shape index (κ1) is 22.6. The van der Waals surface area contributed by atoms with Crippen molar-refractivity contribution in [3.63, 3.8) is 0 Å². The van der Waals surface area contributed by atoms with Crippen molar-refractivity contribution >= 4 is 44.8 Å². The van der Waals surface area contributed by atoms with E-state index in [1.165, 1.54) is 21.5 Å². The average molecular weight is 471 g/mol. The lowest BCUT2D eigenvalue weighted by molar-refractivity contribution is -0.129. The van der Waals surface area contributed by atoms with Gasteiger partial charge in [-0.25, -0.2) is 13.4 Å². The van der Waals surface area contributed by atoms with Crippen molar-refractivity contribution in [3.05, 3.63) is 65.6 Å². The molecule has 0 N–H and O–H groups in total. The van der Waals surface area contributed by atoms with Crippen molar-refractivity contribution in [1.29, 1.82) is 0 Å². The number of nitrogens with zero attached hydrogens (tertiary/aromatic N) is 4. The van der Waals surface area contributed by atoms with E-state index >= 15 is 0 Å². The second-order valence-corrected chi connectivity index (χ2v) is 10.2. The van der Waals surface area contributed by atoms with Crippen molar-refractivity contribution in [2.75, 3.05) is 31.9 Å². The second kappa shape index (κ2) is 9.89. The third-order valence-electron chi connectivity index (χ3n) is 5.44. The number of aryl methyl sites for hydroxylation is 1. The van der Waals surface area contributed by atoms with E-state index in [4.69, 9.17) is 0 Å². The van der Waals surface area contributed by atoms with Gasteiger partial charge in [0.15, 0.2) is 5.16 Å². The molecule has 0 saturated carbocycles. The molecule has 1 amide bonds. The number of hydrogen-bond acceptors (Lipinski definition) is 5. The Hall–Kier alpha value is -2.62. The Morgan fingerprint density at radius 1 is 1.03 bits per heavy atom. The van der Waals surface area contributed by atoms with Gasteiger partial charge in [0, 0.05) is 38.1 Å². The minimum absolute atomic E-state index is 0.00147. The summed E-state index contributed by atoms with van der Waals surface area (Å²) in [5.41, 5.74) is 2.82. The number of carbonyl (C=O) groups is 1. The van der Waals surface area contributed by atoms with E-state index in [-0.39, 0.29) is 11.7 Å². The molecule has 0 bridgehead atoms. The maximum Gasteiger partial charge on any atom is 0.236 e. The average Bonchev–Trinajstić information content (AvgIpc) is 3.19. The van der Waals surface area contributed by atoms with E-state index in [0.717, 1.165) is 28.3 Å². The van der Waals surface area contributed by atoms with Crippen LogP contribution in [0, 0.1) is 0 Å². The number of amides is 1. The second-order valence-electron chi connectivity index (χ2n) is 7.45. The lowest BCUT2D eigenvalue weighted by Crippen LogP contribution is -2.50. The van der Waals surface area contributed by atoms with Crippen molar-refractivity contribution < 1.29 is 13.2 Å². The Morgan fingerprint density at radius 3 is 2.44 bits per heavy atom. The van der Waals surface area contributed by atoms with Crippen LogP contribution in [0.3, 0.4) is 0 Å². The van der Waals surface area contributed by atoms with Gasteiger partial charge in [0.25, 0.3) is 0 Å². The quantitative estimate of drug-likeness (QED) is 0.496. The van der Waals surface area contributed by atoms with Crippen LogP contribution in [0.2, 0.25) is 0 Å². The fourth-order valence-electron chi connectivity index (χ4n) is 3.69. The van der Waals surface area contributed by atoms with E-state index in [9.17, 15) is 13.2 Å². The number of benzene rings is 2. The molecule has 1 fully saturated rings. The van der Waals surface area contributed by atoms with Crippen LogP contribution in [0.1, 0.15) is 12.5 Å². The largest absolute Gasteiger partial charge is 0.339 e. The van der Waals surface area contributed by atoms with E-state index in [1.54, 1.807) is 11.0 Å². The summed E-state index contributed by atoms with van der Waals surface area (Å²) in [5.74, 6) is 0.283. The Balaban J connectivity index is 1.32. The molecule has 1 aromatic heterocycles. The van der Waals surface area contributed by atoms with Crippen LogP contribution in [-0.2, 0) is 21.4 Å². The van der Waals surface area contributed by atoms with Crippen LogP contribution >= 0.6 is 11.8 Å². The van der Waals surface area contributed by atoms with Gasteiger partial charge in [-0.05, 0) is 30.7 Å². The van der Waals surface area contributed by atoms with E-state index in [0.29, 0.717) is 26.2 Å². The van der Waals surface area contributed by atoms with Crippen LogP contribution in [0.5, 0.6) is 0 Å². The maximum absolute atomic E-state index is 12.7. The summed E-state index contributed by atoms with van der Waals surface area (Å²) in [5, 5.41) is 2.07. The number of para-hydroxylation sites is 2. The molecule has 2 heterocycles. The smallest absolute Gasteiger partial charge is 0.236 e. The summed E-state index contributed by atoms with van der Waals surface area (Å²) in [6, 6.07) is 17.3. The van der Waals surface area contributed by atoms with Gasteiger partial charge in [0.05, 0.1) is 16.8 Å². The predicted octanol–water partition coefficient (Wildman–Crippen LogP) is 3.29. The SMILES string of the molecule is CCn1c(SCC(=O)N2CCN(S(=O)(=O)/C=C/c3ccccc3)CC2)nc2ccccc21. The molecule has 2 aromatic carbocycles. The molecule has 0 radical (unpaired) electrons. The number of carbonyl (C=O) groups excluding carboxylic acids is 1. The summed E-state index contributed by atoms with van der Waals surface area (Å²) < 4.78 is 28.8. The van der Waals surface area contributed by atoms with E-state index in [1.807, 2.05) is 54.6 Å². The molecule has 0 atom stereocenters. The van der Waals surface area contributed by atoms with Crippen molar-refractivity contribution in [1.82, 2.24) is 18.8 Å². The Morgan fingerprint density at radius 2 is 1.72 bits per heavy atom. The van der Waals surface area contributed by atoms with Crippen LogP contribution in [0.4, 0.5) is 0 Å². The number of hydrogen-bond donors (Lipinski definition) is 0.